The van der Waals surface area contributed by atoms with Crippen molar-refractivity contribution in [2.24, 2.45) is 0 Å². The molecule has 84 valence electrons. The van der Waals surface area contributed by atoms with E-state index in [0.717, 1.165) is 34.4 Å². The Kier molecular flexibility index (Phi) is 2.15. The number of anilines is 1. The van der Waals surface area contributed by atoms with Gasteiger partial charge in [-0.1, -0.05) is 0 Å². The highest BCUT2D eigenvalue weighted by Crippen LogP contribution is 2.35. The van der Waals surface area contributed by atoms with Crippen LogP contribution in [0.2, 0.25) is 0 Å². The lowest BCUT2D eigenvalue weighted by Gasteiger charge is -2.29. The largest absolute Gasteiger partial charge is 0.383 e. The first-order chi connectivity index (χ1) is 7.70. The van der Waals surface area contributed by atoms with Crippen LogP contribution >= 0.6 is 15.9 Å². The minimum absolute atomic E-state index is 0.364. The third-order valence-corrected chi connectivity index (χ3v) is 3.94. The van der Waals surface area contributed by atoms with Crippen LogP contribution in [0.15, 0.2) is 10.8 Å². The summed E-state index contributed by atoms with van der Waals surface area (Å²) < 4.78 is 8.37. The highest BCUT2D eigenvalue weighted by molar-refractivity contribution is 9.10. The van der Waals surface area contributed by atoms with E-state index in [1.54, 1.807) is 0 Å². The molecule has 0 radical (unpaired) electrons. The second-order valence-corrected chi connectivity index (χ2v) is 4.71. The lowest BCUT2D eigenvalue weighted by atomic mass is 10.2. The Labute approximate surface area is 101 Å². The van der Waals surface area contributed by atoms with Crippen LogP contribution in [-0.4, -0.2) is 27.7 Å². The molecule has 6 heteroatoms. The van der Waals surface area contributed by atoms with Crippen molar-refractivity contribution in [3.8, 4) is 0 Å². The number of fused-ring (bicyclic) bond motifs is 1. The standard InChI is InChI=1S/C10H11BrN4O/c1-5-8(11)7-9(12)13-4-14-10(7)15(5)6-2-16-3-6/h4,6H,2-3H2,1H3,(H2,12,13,14). The number of aromatic nitrogens is 3. The molecule has 0 spiro atoms. The molecular weight excluding hydrogens is 272 g/mol. The Hall–Kier alpha value is -1.14. The average molecular weight is 283 g/mol. The molecule has 3 rings (SSSR count). The van der Waals surface area contributed by atoms with Gasteiger partial charge >= 0.3 is 0 Å². The lowest BCUT2D eigenvalue weighted by Crippen LogP contribution is -2.31. The van der Waals surface area contributed by atoms with Crippen molar-refractivity contribution in [1.82, 2.24) is 14.5 Å². The van der Waals surface area contributed by atoms with Crippen molar-refractivity contribution in [2.75, 3.05) is 18.9 Å². The molecule has 3 heterocycles. The first-order valence-corrected chi connectivity index (χ1v) is 5.83. The fourth-order valence-corrected chi connectivity index (χ4v) is 2.62. The number of nitrogen functional groups attached to an aromatic ring is 1. The van der Waals surface area contributed by atoms with Crippen LogP contribution in [0.3, 0.4) is 0 Å². The number of ether oxygens (including phenoxy) is 1. The van der Waals surface area contributed by atoms with Crippen LogP contribution in [-0.2, 0) is 4.74 Å². The normalized spacial score (nSPS) is 16.6. The molecule has 1 saturated heterocycles. The van der Waals surface area contributed by atoms with Crippen molar-refractivity contribution in [3.05, 3.63) is 16.5 Å². The molecule has 0 saturated carbocycles. The third-order valence-electron chi connectivity index (χ3n) is 2.97. The molecule has 0 bridgehead atoms. The molecule has 0 unspecified atom stereocenters. The van der Waals surface area contributed by atoms with Gasteiger partial charge in [0.15, 0.2) is 0 Å². The maximum atomic E-state index is 5.87. The monoisotopic (exact) mass is 282 g/mol. The minimum atomic E-state index is 0.364. The summed E-state index contributed by atoms with van der Waals surface area (Å²) in [5, 5.41) is 0.895. The molecule has 5 nitrogen and oxygen atoms in total. The fraction of sp³-hybridized carbons (Fsp3) is 0.400. The van der Waals surface area contributed by atoms with Crippen molar-refractivity contribution in [2.45, 2.75) is 13.0 Å². The van der Waals surface area contributed by atoms with E-state index in [4.69, 9.17) is 10.5 Å². The van der Waals surface area contributed by atoms with Gasteiger partial charge in [0.2, 0.25) is 0 Å². The van der Waals surface area contributed by atoms with Gasteiger partial charge < -0.3 is 15.0 Å². The van der Waals surface area contributed by atoms with Gasteiger partial charge in [0.1, 0.15) is 17.8 Å². The zero-order chi connectivity index (χ0) is 11.3. The molecular formula is C10H11BrN4O. The summed E-state index contributed by atoms with van der Waals surface area (Å²) in [5.74, 6) is 0.513. The summed E-state index contributed by atoms with van der Waals surface area (Å²) >= 11 is 3.55. The molecule has 1 fully saturated rings. The zero-order valence-corrected chi connectivity index (χ0v) is 10.4. The average Bonchev–Trinajstić information content (AvgIpc) is 2.42. The molecule has 0 amide bonds. The van der Waals surface area contributed by atoms with Gasteiger partial charge in [0.05, 0.1) is 29.1 Å². The molecule has 0 atom stereocenters. The molecule has 2 aromatic rings. The lowest BCUT2D eigenvalue weighted by molar-refractivity contribution is -0.0223. The predicted molar refractivity (Wildman–Crippen MR) is 64.2 cm³/mol. The molecule has 2 aromatic heterocycles. The van der Waals surface area contributed by atoms with Crippen molar-refractivity contribution < 1.29 is 4.74 Å². The predicted octanol–water partition coefficient (Wildman–Crippen LogP) is 1.66. The second kappa shape index (κ2) is 3.43. The highest BCUT2D eigenvalue weighted by Gasteiger charge is 2.26. The zero-order valence-electron chi connectivity index (χ0n) is 8.77. The van der Waals surface area contributed by atoms with E-state index < -0.39 is 0 Å². The van der Waals surface area contributed by atoms with Crippen molar-refractivity contribution in [1.29, 1.82) is 0 Å². The summed E-state index contributed by atoms with van der Waals surface area (Å²) in [4.78, 5) is 8.33. The van der Waals surface area contributed by atoms with E-state index in [1.165, 1.54) is 6.33 Å². The molecule has 1 aliphatic rings. The van der Waals surface area contributed by atoms with Gasteiger partial charge in [0, 0.05) is 5.69 Å². The first kappa shape index (κ1) is 10.0. The topological polar surface area (TPSA) is 66.0 Å². The molecule has 0 aromatic carbocycles. The maximum Gasteiger partial charge on any atom is 0.147 e. The van der Waals surface area contributed by atoms with Crippen molar-refractivity contribution in [3.63, 3.8) is 0 Å². The van der Waals surface area contributed by atoms with E-state index in [9.17, 15) is 0 Å². The fourth-order valence-electron chi connectivity index (χ4n) is 2.05. The van der Waals surface area contributed by atoms with Gasteiger partial charge in [0.25, 0.3) is 0 Å². The Morgan fingerprint density at radius 1 is 1.50 bits per heavy atom. The van der Waals surface area contributed by atoms with E-state index in [0.29, 0.717) is 11.9 Å². The number of nitrogens with zero attached hydrogens (tertiary/aromatic N) is 3. The van der Waals surface area contributed by atoms with Crippen molar-refractivity contribution >= 4 is 32.8 Å². The number of hydrogen-bond acceptors (Lipinski definition) is 4. The van der Waals surface area contributed by atoms with Crippen LogP contribution < -0.4 is 5.73 Å². The maximum absolute atomic E-state index is 5.87. The molecule has 0 aliphatic carbocycles. The van der Waals surface area contributed by atoms with E-state index in [-0.39, 0.29) is 0 Å². The Morgan fingerprint density at radius 3 is 2.88 bits per heavy atom. The molecule has 2 N–H and O–H groups in total. The molecule has 1 aliphatic heterocycles. The summed E-state index contributed by atoms with van der Waals surface area (Å²) in [5.41, 5.74) is 7.87. The van der Waals surface area contributed by atoms with Crippen LogP contribution in [0.5, 0.6) is 0 Å². The minimum Gasteiger partial charge on any atom is -0.383 e. The van der Waals surface area contributed by atoms with Gasteiger partial charge in [-0.3, -0.25) is 0 Å². The first-order valence-electron chi connectivity index (χ1n) is 5.04. The number of hydrogen-bond donors (Lipinski definition) is 1. The van der Waals surface area contributed by atoms with Crippen LogP contribution in [0.25, 0.3) is 11.0 Å². The van der Waals surface area contributed by atoms with E-state index in [1.807, 2.05) is 6.92 Å². The Balaban J connectivity index is 2.35. The summed E-state index contributed by atoms with van der Waals surface area (Å²) in [6.07, 6.45) is 1.50. The van der Waals surface area contributed by atoms with Gasteiger partial charge in [-0.2, -0.15) is 0 Å². The molecule has 16 heavy (non-hydrogen) atoms. The van der Waals surface area contributed by atoms with Crippen LogP contribution in [0, 0.1) is 6.92 Å². The SMILES string of the molecule is Cc1c(Br)c2c(N)ncnc2n1C1COC1. The van der Waals surface area contributed by atoms with Gasteiger partial charge in [-0.15, -0.1) is 0 Å². The Morgan fingerprint density at radius 2 is 2.25 bits per heavy atom. The van der Waals surface area contributed by atoms with E-state index >= 15 is 0 Å². The van der Waals surface area contributed by atoms with Gasteiger partial charge in [-0.25, -0.2) is 9.97 Å². The summed E-state index contributed by atoms with van der Waals surface area (Å²) in [6.45, 7) is 3.52. The highest BCUT2D eigenvalue weighted by atomic mass is 79.9. The third kappa shape index (κ3) is 1.20. The summed E-state index contributed by atoms with van der Waals surface area (Å²) in [6, 6.07) is 0.364. The second-order valence-electron chi connectivity index (χ2n) is 3.92. The quantitative estimate of drug-likeness (QED) is 0.864. The Bertz CT molecular complexity index is 561. The smallest absolute Gasteiger partial charge is 0.147 e. The van der Waals surface area contributed by atoms with Crippen LogP contribution in [0.4, 0.5) is 5.82 Å². The summed E-state index contributed by atoms with van der Waals surface area (Å²) in [7, 11) is 0. The number of rotatable bonds is 1. The van der Waals surface area contributed by atoms with Gasteiger partial charge in [-0.05, 0) is 22.9 Å². The number of halogens is 1. The number of nitrogens with two attached hydrogens (primary N) is 1. The van der Waals surface area contributed by atoms with Crippen LogP contribution in [0.1, 0.15) is 11.7 Å². The van der Waals surface area contributed by atoms with E-state index in [2.05, 4.69) is 30.5 Å².